The summed E-state index contributed by atoms with van der Waals surface area (Å²) in [6.07, 6.45) is 1.95. The van der Waals surface area contributed by atoms with Gasteiger partial charge in [0.1, 0.15) is 11.4 Å². The molecular weight excluding hydrogens is 388 g/mol. The van der Waals surface area contributed by atoms with Gasteiger partial charge in [0.2, 0.25) is 0 Å². The zero-order valence-corrected chi connectivity index (χ0v) is 17.2. The third-order valence-electron chi connectivity index (χ3n) is 5.02. The number of rotatable bonds is 3. The quantitative estimate of drug-likeness (QED) is 0.721. The molecule has 0 spiro atoms. The average Bonchev–Trinajstić information content (AvgIpc) is 2.70. The first-order valence-corrected chi connectivity index (χ1v) is 9.62. The Labute approximate surface area is 173 Å². The van der Waals surface area contributed by atoms with E-state index in [1.165, 1.54) is 7.05 Å². The molecule has 1 N–H and O–H groups in total. The van der Waals surface area contributed by atoms with Crippen molar-refractivity contribution in [2.75, 3.05) is 23.8 Å². The van der Waals surface area contributed by atoms with Crippen molar-refractivity contribution in [2.24, 2.45) is 7.05 Å². The first-order chi connectivity index (χ1) is 13.9. The fourth-order valence-electron chi connectivity index (χ4n) is 3.52. The molecule has 3 aromatic rings. The van der Waals surface area contributed by atoms with Crippen LogP contribution in [0.15, 0.2) is 64.2 Å². The molecule has 6 nitrogen and oxygen atoms in total. The Kier molecular flexibility index (Phi) is 4.80. The molecule has 1 aliphatic heterocycles. The van der Waals surface area contributed by atoms with Crippen LogP contribution in [0, 0.1) is 6.92 Å². The highest BCUT2D eigenvalue weighted by atomic mass is 35.5. The van der Waals surface area contributed by atoms with Crippen LogP contribution in [0.3, 0.4) is 0 Å². The molecule has 0 radical (unpaired) electrons. The zero-order chi connectivity index (χ0) is 20.7. The van der Waals surface area contributed by atoms with Gasteiger partial charge >= 0.3 is 5.69 Å². The predicted molar refractivity (Wildman–Crippen MR) is 118 cm³/mol. The normalized spacial score (nSPS) is 13.1. The molecule has 0 saturated carbocycles. The molecule has 0 atom stereocenters. The van der Waals surface area contributed by atoms with Gasteiger partial charge in [-0.15, -0.1) is 0 Å². The molecule has 1 aromatic heterocycles. The Morgan fingerprint density at radius 1 is 1.03 bits per heavy atom. The van der Waals surface area contributed by atoms with Gasteiger partial charge in [0, 0.05) is 31.4 Å². The van der Waals surface area contributed by atoms with Crippen molar-refractivity contribution in [3.8, 4) is 5.69 Å². The van der Waals surface area contributed by atoms with Crippen LogP contribution in [-0.4, -0.2) is 22.7 Å². The fourth-order valence-corrected chi connectivity index (χ4v) is 3.64. The van der Waals surface area contributed by atoms with E-state index in [-0.39, 0.29) is 11.2 Å². The molecule has 1 aliphatic rings. The van der Waals surface area contributed by atoms with E-state index in [1.54, 1.807) is 16.7 Å². The summed E-state index contributed by atoms with van der Waals surface area (Å²) in [6.45, 7) is 2.53. The zero-order valence-electron chi connectivity index (χ0n) is 16.4. The van der Waals surface area contributed by atoms with E-state index in [9.17, 15) is 9.59 Å². The van der Waals surface area contributed by atoms with Gasteiger partial charge in [0.25, 0.3) is 5.56 Å². The smallest absolute Gasteiger partial charge is 0.336 e. The number of fused-ring (bicyclic) bond motifs is 1. The third kappa shape index (κ3) is 3.36. The molecule has 0 bridgehead atoms. The Balaban J connectivity index is 1.95. The van der Waals surface area contributed by atoms with Crippen molar-refractivity contribution >= 4 is 28.8 Å². The van der Waals surface area contributed by atoms with Crippen LogP contribution < -0.4 is 21.5 Å². The Morgan fingerprint density at radius 2 is 1.76 bits per heavy atom. The third-order valence-corrected chi connectivity index (χ3v) is 5.27. The van der Waals surface area contributed by atoms with Crippen LogP contribution in [0.4, 0.5) is 11.5 Å². The van der Waals surface area contributed by atoms with Gasteiger partial charge in [0.05, 0.1) is 11.4 Å². The first kappa shape index (κ1) is 19.1. The van der Waals surface area contributed by atoms with E-state index in [2.05, 4.69) is 5.32 Å². The Hall–Kier alpha value is -3.25. The molecule has 4 rings (SSSR count). The van der Waals surface area contributed by atoms with E-state index < -0.39 is 0 Å². The van der Waals surface area contributed by atoms with Crippen molar-refractivity contribution in [3.05, 3.63) is 91.6 Å². The number of nitrogens with zero attached hydrogens (tertiary/aromatic N) is 3. The van der Waals surface area contributed by atoms with Crippen LogP contribution in [0.1, 0.15) is 11.1 Å². The van der Waals surface area contributed by atoms with Gasteiger partial charge in [-0.1, -0.05) is 23.7 Å². The maximum absolute atomic E-state index is 13.1. The summed E-state index contributed by atoms with van der Waals surface area (Å²) >= 11 is 5.98. The predicted octanol–water partition coefficient (Wildman–Crippen LogP) is 3.40. The van der Waals surface area contributed by atoms with Crippen LogP contribution in [-0.2, 0) is 7.05 Å². The van der Waals surface area contributed by atoms with Crippen LogP contribution in [0.2, 0.25) is 5.02 Å². The van der Waals surface area contributed by atoms with Gasteiger partial charge < -0.3 is 10.2 Å². The Morgan fingerprint density at radius 3 is 2.45 bits per heavy atom. The van der Waals surface area contributed by atoms with E-state index in [1.807, 2.05) is 61.3 Å². The highest BCUT2D eigenvalue weighted by molar-refractivity contribution is 6.30. The molecule has 2 heterocycles. The maximum atomic E-state index is 13.1. The number of nitrogens with one attached hydrogen (secondary N) is 1. The number of aromatic nitrogens is 2. The van der Waals surface area contributed by atoms with Crippen molar-refractivity contribution < 1.29 is 0 Å². The first-order valence-electron chi connectivity index (χ1n) is 9.24. The summed E-state index contributed by atoms with van der Waals surface area (Å²) in [5.41, 5.74) is 2.98. The summed E-state index contributed by atoms with van der Waals surface area (Å²) in [4.78, 5) is 28.1. The van der Waals surface area contributed by atoms with Crippen LogP contribution >= 0.6 is 11.6 Å². The topological polar surface area (TPSA) is 59.3 Å². The molecule has 0 aliphatic carbocycles. The largest absolute Gasteiger partial charge is 0.356 e. The summed E-state index contributed by atoms with van der Waals surface area (Å²) in [7, 11) is 3.38. The van der Waals surface area contributed by atoms with Crippen molar-refractivity contribution in [1.29, 1.82) is 0 Å². The van der Waals surface area contributed by atoms with Crippen molar-refractivity contribution in [1.82, 2.24) is 9.13 Å². The summed E-state index contributed by atoms with van der Waals surface area (Å²) in [6, 6.07) is 14.9. The van der Waals surface area contributed by atoms with Crippen molar-refractivity contribution in [2.45, 2.75) is 6.92 Å². The molecule has 0 fully saturated rings. The number of hydrogen-bond donors (Lipinski definition) is 1. The summed E-state index contributed by atoms with van der Waals surface area (Å²) < 4.78 is 2.75. The molecule has 2 aromatic carbocycles. The molecule has 7 heteroatoms. The second kappa shape index (κ2) is 7.29. The standard InChI is InChI=1S/C22H21ClN4O2/c1-14-5-4-6-17(13-14)27-20-19(21(28)26(3)22(27)29)18(11-12-25(20)2)24-16-9-7-15(23)8-10-16/h4-11,13,24H,12H2,1-3H3. The minimum absolute atomic E-state index is 0.340. The monoisotopic (exact) mass is 408 g/mol. The minimum Gasteiger partial charge on any atom is -0.356 e. The van der Waals surface area contributed by atoms with E-state index in [0.29, 0.717) is 28.6 Å². The van der Waals surface area contributed by atoms with E-state index in [4.69, 9.17) is 11.6 Å². The maximum Gasteiger partial charge on any atom is 0.336 e. The number of anilines is 2. The number of benzene rings is 2. The summed E-state index contributed by atoms with van der Waals surface area (Å²) in [5.74, 6) is 0.572. The number of aryl methyl sites for hydroxylation is 1. The SMILES string of the molecule is Cc1cccc(-n2c3c(c(=O)n(C)c2=O)C(Nc2ccc(Cl)cc2)=CCN3C)c1. The lowest BCUT2D eigenvalue weighted by Gasteiger charge is -2.30. The lowest BCUT2D eigenvalue weighted by Crippen LogP contribution is -2.44. The van der Waals surface area contributed by atoms with Gasteiger partial charge in [0.15, 0.2) is 0 Å². The number of halogens is 1. The molecule has 148 valence electrons. The van der Waals surface area contributed by atoms with E-state index >= 15 is 0 Å². The number of hydrogen-bond acceptors (Lipinski definition) is 4. The highest BCUT2D eigenvalue weighted by Crippen LogP contribution is 2.30. The Bertz CT molecular complexity index is 1240. The average molecular weight is 409 g/mol. The molecule has 0 amide bonds. The molecule has 0 saturated heterocycles. The van der Waals surface area contributed by atoms with Crippen LogP contribution in [0.5, 0.6) is 0 Å². The second-order valence-corrected chi connectivity index (χ2v) is 7.59. The van der Waals surface area contributed by atoms with Gasteiger partial charge in [-0.3, -0.25) is 9.36 Å². The number of likely N-dealkylation sites (N-methyl/N-ethyl adjacent to an activating group) is 1. The molecule has 29 heavy (non-hydrogen) atoms. The van der Waals surface area contributed by atoms with Gasteiger partial charge in [-0.2, -0.15) is 0 Å². The van der Waals surface area contributed by atoms with Crippen LogP contribution in [0.25, 0.3) is 11.4 Å². The fraction of sp³-hybridized carbons (Fsp3) is 0.182. The second-order valence-electron chi connectivity index (χ2n) is 7.15. The highest BCUT2D eigenvalue weighted by Gasteiger charge is 2.27. The summed E-state index contributed by atoms with van der Waals surface area (Å²) in [5, 5.41) is 3.95. The lowest BCUT2D eigenvalue weighted by atomic mass is 10.1. The van der Waals surface area contributed by atoms with Gasteiger partial charge in [-0.25, -0.2) is 9.36 Å². The van der Waals surface area contributed by atoms with Gasteiger partial charge in [-0.05, 0) is 55.0 Å². The minimum atomic E-state index is -0.376. The molecular formula is C22H21ClN4O2. The van der Waals surface area contributed by atoms with Crippen molar-refractivity contribution in [3.63, 3.8) is 0 Å². The lowest BCUT2D eigenvalue weighted by molar-refractivity contribution is 0.711. The molecule has 0 unspecified atom stereocenters. The van der Waals surface area contributed by atoms with E-state index in [0.717, 1.165) is 21.5 Å².